The highest BCUT2D eigenvalue weighted by Gasteiger charge is 2.02. The smallest absolute Gasteiger partial charge is 0.264 e. The zero-order chi connectivity index (χ0) is 11.0. The monoisotopic (exact) mass is 239 g/mol. The van der Waals surface area contributed by atoms with E-state index in [1.165, 1.54) is 19.3 Å². The van der Waals surface area contributed by atoms with Crippen molar-refractivity contribution in [2.24, 2.45) is 5.92 Å². The maximum atomic E-state index is 10.4. The van der Waals surface area contributed by atoms with Gasteiger partial charge in [0.25, 0.3) is 10.1 Å². The quantitative estimate of drug-likeness (QED) is 0.503. The summed E-state index contributed by atoms with van der Waals surface area (Å²) in [5.41, 5.74) is 0. The summed E-state index contributed by atoms with van der Waals surface area (Å²) in [6, 6.07) is 0. The van der Waals surface area contributed by atoms with Crippen LogP contribution in [-0.2, 0) is 10.1 Å². The first-order valence-electron chi connectivity index (χ1n) is 5.37. The normalized spacial score (nSPS) is 11.5. The minimum atomic E-state index is -3.73. The molecule has 0 amide bonds. The average molecular weight is 239 g/mol. The second-order valence-corrected chi connectivity index (χ2v) is 5.81. The van der Waals surface area contributed by atoms with E-state index in [0.29, 0.717) is 6.42 Å². The van der Waals surface area contributed by atoms with E-state index < -0.39 is 10.1 Å². The van der Waals surface area contributed by atoms with Crippen LogP contribution in [0.15, 0.2) is 0 Å². The number of rotatable bonds is 8. The highest BCUT2D eigenvalue weighted by atomic mass is 32.2. The molecular weight excluding hydrogens is 214 g/mol. The predicted octanol–water partition coefficient (Wildman–Crippen LogP) is 3.03. The van der Waals surface area contributed by atoms with Gasteiger partial charge in [0.05, 0.1) is 5.75 Å². The van der Waals surface area contributed by atoms with Crippen molar-refractivity contribution < 1.29 is 13.0 Å². The lowest BCUT2D eigenvalue weighted by molar-refractivity contribution is 0.477. The first kappa shape index (κ1) is 17.3. The summed E-state index contributed by atoms with van der Waals surface area (Å²) in [4.78, 5) is 0. The molecule has 0 aliphatic rings. The van der Waals surface area contributed by atoms with Crippen molar-refractivity contribution in [2.45, 2.75) is 52.4 Å². The van der Waals surface area contributed by atoms with Gasteiger partial charge in [-0.05, 0) is 12.3 Å². The molecular formula is C10H25NO3S. The topological polar surface area (TPSA) is 89.4 Å². The van der Waals surface area contributed by atoms with Crippen LogP contribution in [0.2, 0.25) is 0 Å². The van der Waals surface area contributed by atoms with E-state index in [4.69, 9.17) is 4.55 Å². The molecule has 0 rings (SSSR count). The van der Waals surface area contributed by atoms with E-state index >= 15 is 0 Å². The fourth-order valence-electron chi connectivity index (χ4n) is 1.37. The Labute approximate surface area is 93.8 Å². The van der Waals surface area contributed by atoms with Gasteiger partial charge in [-0.15, -0.1) is 0 Å². The Bertz CT molecular complexity index is 225. The third kappa shape index (κ3) is 16.5. The summed E-state index contributed by atoms with van der Waals surface area (Å²) in [5.74, 6) is 0.671. The molecule has 5 heteroatoms. The van der Waals surface area contributed by atoms with Gasteiger partial charge in [-0.3, -0.25) is 4.55 Å². The summed E-state index contributed by atoms with van der Waals surface area (Å²) in [7, 11) is -3.73. The Morgan fingerprint density at radius 1 is 1.00 bits per heavy atom. The molecule has 4 N–H and O–H groups in total. The summed E-state index contributed by atoms with van der Waals surface area (Å²) >= 11 is 0. The number of hydrogen-bond donors (Lipinski definition) is 2. The molecule has 94 valence electrons. The second-order valence-electron chi connectivity index (χ2n) is 4.24. The van der Waals surface area contributed by atoms with E-state index in [0.717, 1.165) is 18.8 Å². The largest absolute Gasteiger partial charge is 0.344 e. The number of unbranched alkanes of at least 4 members (excludes halogenated alkanes) is 4. The fourth-order valence-corrected chi connectivity index (χ4v) is 1.94. The van der Waals surface area contributed by atoms with Gasteiger partial charge in [-0.1, -0.05) is 46.0 Å². The summed E-state index contributed by atoms with van der Waals surface area (Å²) < 4.78 is 29.2. The van der Waals surface area contributed by atoms with Crippen LogP contribution in [0.4, 0.5) is 0 Å². The molecule has 0 spiro atoms. The van der Waals surface area contributed by atoms with Crippen LogP contribution in [0, 0.1) is 5.92 Å². The molecule has 0 atom stereocenters. The van der Waals surface area contributed by atoms with Crippen molar-refractivity contribution in [3.05, 3.63) is 0 Å². The molecule has 0 heterocycles. The fraction of sp³-hybridized carbons (Fsp3) is 1.00. The Morgan fingerprint density at radius 2 is 1.47 bits per heavy atom. The van der Waals surface area contributed by atoms with Crippen molar-refractivity contribution in [3.8, 4) is 0 Å². The Morgan fingerprint density at radius 3 is 1.93 bits per heavy atom. The van der Waals surface area contributed by atoms with Crippen molar-refractivity contribution >= 4 is 10.1 Å². The van der Waals surface area contributed by atoms with Crippen LogP contribution in [0.25, 0.3) is 0 Å². The molecule has 0 saturated heterocycles. The molecule has 0 saturated carbocycles. The van der Waals surface area contributed by atoms with E-state index in [1.807, 2.05) is 0 Å². The van der Waals surface area contributed by atoms with Crippen molar-refractivity contribution in [1.82, 2.24) is 6.15 Å². The molecule has 0 aromatic rings. The maximum Gasteiger partial charge on any atom is 0.264 e. The summed E-state index contributed by atoms with van der Waals surface area (Å²) in [5, 5.41) is 0. The zero-order valence-electron chi connectivity index (χ0n) is 9.91. The van der Waals surface area contributed by atoms with Crippen LogP contribution in [0.5, 0.6) is 0 Å². The van der Waals surface area contributed by atoms with Crippen LogP contribution in [0.1, 0.15) is 52.4 Å². The van der Waals surface area contributed by atoms with Crippen LogP contribution >= 0.6 is 0 Å². The van der Waals surface area contributed by atoms with Gasteiger partial charge in [-0.2, -0.15) is 8.42 Å². The van der Waals surface area contributed by atoms with Gasteiger partial charge in [0.2, 0.25) is 0 Å². The maximum absolute atomic E-state index is 10.4. The summed E-state index contributed by atoms with van der Waals surface area (Å²) in [6.45, 7) is 4.41. The number of hydrogen-bond acceptors (Lipinski definition) is 3. The lowest BCUT2D eigenvalue weighted by Crippen LogP contribution is -2.03. The van der Waals surface area contributed by atoms with E-state index in [1.54, 1.807) is 0 Å². The Balaban J connectivity index is 0. The predicted molar refractivity (Wildman–Crippen MR) is 64.0 cm³/mol. The van der Waals surface area contributed by atoms with Crippen LogP contribution in [-0.4, -0.2) is 18.7 Å². The van der Waals surface area contributed by atoms with Crippen LogP contribution < -0.4 is 6.15 Å². The Hall–Kier alpha value is -0.130. The van der Waals surface area contributed by atoms with Crippen LogP contribution in [0.3, 0.4) is 0 Å². The molecule has 4 nitrogen and oxygen atoms in total. The van der Waals surface area contributed by atoms with Gasteiger partial charge in [-0.25, -0.2) is 0 Å². The van der Waals surface area contributed by atoms with E-state index in [-0.39, 0.29) is 11.9 Å². The molecule has 0 unspecified atom stereocenters. The molecule has 0 radical (unpaired) electrons. The third-order valence-electron chi connectivity index (χ3n) is 2.18. The van der Waals surface area contributed by atoms with Crippen molar-refractivity contribution in [1.29, 1.82) is 0 Å². The van der Waals surface area contributed by atoms with Crippen molar-refractivity contribution in [3.63, 3.8) is 0 Å². The van der Waals surface area contributed by atoms with E-state index in [9.17, 15) is 8.42 Å². The molecule has 0 bridgehead atoms. The lowest BCUT2D eigenvalue weighted by Gasteiger charge is -2.03. The highest BCUT2D eigenvalue weighted by Crippen LogP contribution is 2.10. The minimum Gasteiger partial charge on any atom is -0.344 e. The zero-order valence-corrected chi connectivity index (χ0v) is 10.7. The van der Waals surface area contributed by atoms with E-state index in [2.05, 4.69) is 13.8 Å². The second kappa shape index (κ2) is 9.12. The first-order valence-corrected chi connectivity index (χ1v) is 6.98. The highest BCUT2D eigenvalue weighted by molar-refractivity contribution is 7.85. The van der Waals surface area contributed by atoms with Gasteiger partial charge >= 0.3 is 0 Å². The average Bonchev–Trinajstić information content (AvgIpc) is 2.00. The van der Waals surface area contributed by atoms with Gasteiger partial charge < -0.3 is 6.15 Å². The van der Waals surface area contributed by atoms with Gasteiger partial charge in [0, 0.05) is 0 Å². The summed E-state index contributed by atoms with van der Waals surface area (Å²) in [6.07, 6.45) is 6.20. The SMILES string of the molecule is CC(C)CCCCCCCS(=O)(=O)O.N. The Kier molecular flexibility index (Phi) is 10.5. The third-order valence-corrected chi connectivity index (χ3v) is 2.99. The standard InChI is InChI=1S/C10H22O3S.H3N/c1-10(2)8-6-4-3-5-7-9-14(11,12)13;/h10H,3-9H2,1-2H3,(H,11,12,13);1H3. The molecule has 0 aliphatic carbocycles. The molecule has 0 aromatic carbocycles. The first-order chi connectivity index (χ1) is 6.42. The molecule has 0 fully saturated rings. The van der Waals surface area contributed by atoms with Gasteiger partial charge in [0.1, 0.15) is 0 Å². The molecule has 15 heavy (non-hydrogen) atoms. The molecule has 0 aliphatic heterocycles. The molecule has 0 aromatic heterocycles. The van der Waals surface area contributed by atoms with Gasteiger partial charge in [0.15, 0.2) is 0 Å². The van der Waals surface area contributed by atoms with Crippen molar-refractivity contribution in [2.75, 3.05) is 5.75 Å². The lowest BCUT2D eigenvalue weighted by atomic mass is 10.0. The minimum absolute atomic E-state index is 0.